The SMILES string of the molecule is COC(=O)c1cncc(Nc2ccc(C)c(N(C)C)c2)n1. The molecule has 0 radical (unpaired) electrons. The zero-order chi connectivity index (χ0) is 15.4. The molecule has 0 aliphatic heterocycles. The highest BCUT2D eigenvalue weighted by Gasteiger charge is 2.09. The second-order valence-corrected chi connectivity index (χ2v) is 4.80. The second-order valence-electron chi connectivity index (χ2n) is 4.80. The number of methoxy groups -OCH3 is 1. The number of anilines is 3. The van der Waals surface area contributed by atoms with Crippen LogP contribution in [0.5, 0.6) is 0 Å². The van der Waals surface area contributed by atoms with Gasteiger partial charge in [-0.05, 0) is 24.6 Å². The van der Waals surface area contributed by atoms with Gasteiger partial charge in [0.1, 0.15) is 5.82 Å². The van der Waals surface area contributed by atoms with E-state index in [9.17, 15) is 4.79 Å². The van der Waals surface area contributed by atoms with E-state index in [1.165, 1.54) is 18.9 Å². The Kier molecular flexibility index (Phi) is 4.37. The van der Waals surface area contributed by atoms with Crippen molar-refractivity contribution >= 4 is 23.2 Å². The molecule has 2 aromatic rings. The molecule has 0 bridgehead atoms. The largest absolute Gasteiger partial charge is 0.464 e. The van der Waals surface area contributed by atoms with Crippen LogP contribution in [0.2, 0.25) is 0 Å². The van der Waals surface area contributed by atoms with Crippen LogP contribution in [-0.4, -0.2) is 37.1 Å². The van der Waals surface area contributed by atoms with Crippen LogP contribution in [-0.2, 0) is 4.74 Å². The number of rotatable bonds is 4. The van der Waals surface area contributed by atoms with Gasteiger partial charge in [-0.1, -0.05) is 6.07 Å². The molecule has 0 saturated heterocycles. The lowest BCUT2D eigenvalue weighted by molar-refractivity contribution is 0.0593. The average Bonchev–Trinajstić information content (AvgIpc) is 2.48. The molecule has 0 amide bonds. The van der Waals surface area contributed by atoms with Crippen LogP contribution >= 0.6 is 0 Å². The standard InChI is InChI=1S/C15H18N4O2/c1-10-5-6-11(7-13(10)19(2)3)17-14-9-16-8-12(18-14)15(20)21-4/h5-9H,1-4H3,(H,17,18). The van der Waals surface area contributed by atoms with Crippen LogP contribution in [0.15, 0.2) is 30.6 Å². The summed E-state index contributed by atoms with van der Waals surface area (Å²) < 4.78 is 4.63. The van der Waals surface area contributed by atoms with Crippen molar-refractivity contribution in [3.05, 3.63) is 41.9 Å². The molecule has 6 heteroatoms. The first kappa shape index (κ1) is 14.8. The first-order chi connectivity index (χ1) is 10.0. The fourth-order valence-electron chi connectivity index (χ4n) is 1.95. The molecule has 110 valence electrons. The van der Waals surface area contributed by atoms with Crippen LogP contribution in [0.4, 0.5) is 17.2 Å². The van der Waals surface area contributed by atoms with Crippen LogP contribution in [0.25, 0.3) is 0 Å². The van der Waals surface area contributed by atoms with Gasteiger partial charge in [-0.3, -0.25) is 4.98 Å². The highest BCUT2D eigenvalue weighted by Crippen LogP contribution is 2.24. The van der Waals surface area contributed by atoms with Gasteiger partial charge in [0.15, 0.2) is 5.69 Å². The van der Waals surface area contributed by atoms with E-state index >= 15 is 0 Å². The van der Waals surface area contributed by atoms with Gasteiger partial charge in [-0.15, -0.1) is 0 Å². The number of carbonyl (C=O) groups is 1. The maximum atomic E-state index is 11.4. The third kappa shape index (κ3) is 3.47. The molecule has 0 spiro atoms. The van der Waals surface area contributed by atoms with Crippen molar-refractivity contribution in [1.82, 2.24) is 9.97 Å². The molecule has 0 unspecified atom stereocenters. The number of nitrogens with zero attached hydrogens (tertiary/aromatic N) is 3. The summed E-state index contributed by atoms with van der Waals surface area (Å²) >= 11 is 0. The number of carbonyl (C=O) groups excluding carboxylic acids is 1. The van der Waals surface area contributed by atoms with Crippen molar-refractivity contribution in [2.24, 2.45) is 0 Å². The van der Waals surface area contributed by atoms with Crippen molar-refractivity contribution in [3.8, 4) is 0 Å². The molecule has 21 heavy (non-hydrogen) atoms. The second kappa shape index (κ2) is 6.21. The maximum Gasteiger partial charge on any atom is 0.358 e. The summed E-state index contributed by atoms with van der Waals surface area (Å²) in [6.45, 7) is 2.05. The predicted octanol–water partition coefficient (Wildman–Crippen LogP) is 2.38. The van der Waals surface area contributed by atoms with E-state index in [4.69, 9.17) is 0 Å². The number of benzene rings is 1. The monoisotopic (exact) mass is 286 g/mol. The summed E-state index contributed by atoms with van der Waals surface area (Å²) in [5, 5.41) is 3.14. The molecule has 0 fully saturated rings. The van der Waals surface area contributed by atoms with Gasteiger partial charge in [0.05, 0.1) is 19.5 Å². The van der Waals surface area contributed by atoms with E-state index in [2.05, 4.69) is 26.9 Å². The molecule has 1 aromatic carbocycles. The van der Waals surface area contributed by atoms with Gasteiger partial charge in [0, 0.05) is 25.5 Å². The minimum absolute atomic E-state index is 0.169. The maximum absolute atomic E-state index is 11.4. The van der Waals surface area contributed by atoms with Crippen LogP contribution in [0, 0.1) is 6.92 Å². The Morgan fingerprint density at radius 1 is 1.29 bits per heavy atom. The normalized spacial score (nSPS) is 10.1. The Morgan fingerprint density at radius 3 is 2.71 bits per heavy atom. The number of hydrogen-bond acceptors (Lipinski definition) is 6. The van der Waals surface area contributed by atoms with Crippen molar-refractivity contribution in [2.45, 2.75) is 6.92 Å². The van der Waals surface area contributed by atoms with Crippen LogP contribution in [0.3, 0.4) is 0 Å². The Morgan fingerprint density at radius 2 is 2.05 bits per heavy atom. The molecule has 0 aliphatic rings. The van der Waals surface area contributed by atoms with Crippen LogP contribution < -0.4 is 10.2 Å². The van der Waals surface area contributed by atoms with E-state index < -0.39 is 5.97 Å². The number of hydrogen-bond donors (Lipinski definition) is 1. The fraction of sp³-hybridized carbons (Fsp3) is 0.267. The van der Waals surface area contributed by atoms with Gasteiger partial charge in [-0.25, -0.2) is 9.78 Å². The number of nitrogens with one attached hydrogen (secondary N) is 1. The van der Waals surface area contributed by atoms with Gasteiger partial charge >= 0.3 is 5.97 Å². The third-order valence-corrected chi connectivity index (χ3v) is 2.99. The summed E-state index contributed by atoms with van der Waals surface area (Å²) in [4.78, 5) is 21.6. The molecule has 0 aliphatic carbocycles. The quantitative estimate of drug-likeness (QED) is 0.870. The first-order valence-electron chi connectivity index (χ1n) is 6.46. The fourth-order valence-corrected chi connectivity index (χ4v) is 1.95. The van der Waals surface area contributed by atoms with Gasteiger partial charge in [0.2, 0.25) is 0 Å². The summed E-state index contributed by atoms with van der Waals surface area (Å²) in [5.74, 6) is -0.0181. The van der Waals surface area contributed by atoms with Gasteiger partial charge in [-0.2, -0.15) is 0 Å². The lowest BCUT2D eigenvalue weighted by Gasteiger charge is -2.17. The molecular formula is C15H18N4O2. The van der Waals surface area contributed by atoms with Crippen molar-refractivity contribution in [2.75, 3.05) is 31.4 Å². The Balaban J connectivity index is 2.26. The zero-order valence-electron chi connectivity index (χ0n) is 12.5. The zero-order valence-corrected chi connectivity index (χ0v) is 12.5. The van der Waals surface area contributed by atoms with Crippen molar-refractivity contribution < 1.29 is 9.53 Å². The van der Waals surface area contributed by atoms with E-state index in [1.54, 1.807) is 6.20 Å². The Hall–Kier alpha value is -2.63. The lowest BCUT2D eigenvalue weighted by atomic mass is 10.1. The summed E-state index contributed by atoms with van der Waals surface area (Å²) in [6, 6.07) is 5.99. The predicted molar refractivity (Wildman–Crippen MR) is 82.2 cm³/mol. The van der Waals surface area contributed by atoms with E-state index in [0.29, 0.717) is 5.82 Å². The van der Waals surface area contributed by atoms with Crippen molar-refractivity contribution in [1.29, 1.82) is 0 Å². The number of aromatic nitrogens is 2. The number of esters is 1. The average molecular weight is 286 g/mol. The molecule has 1 heterocycles. The molecule has 1 N–H and O–H groups in total. The smallest absolute Gasteiger partial charge is 0.358 e. The molecule has 0 saturated carbocycles. The molecule has 1 aromatic heterocycles. The summed E-state index contributed by atoms with van der Waals surface area (Å²) in [7, 11) is 5.29. The minimum Gasteiger partial charge on any atom is -0.464 e. The van der Waals surface area contributed by atoms with Gasteiger partial charge in [0.25, 0.3) is 0 Å². The minimum atomic E-state index is -0.510. The topological polar surface area (TPSA) is 67.3 Å². The Bertz CT molecular complexity index is 656. The summed E-state index contributed by atoms with van der Waals surface area (Å²) in [6.07, 6.45) is 2.93. The summed E-state index contributed by atoms with van der Waals surface area (Å²) in [5.41, 5.74) is 3.33. The lowest BCUT2D eigenvalue weighted by Crippen LogP contribution is -2.11. The number of ether oxygens (including phenoxy) is 1. The molecular weight excluding hydrogens is 268 g/mol. The van der Waals surface area contributed by atoms with E-state index in [-0.39, 0.29) is 5.69 Å². The number of aryl methyl sites for hydroxylation is 1. The molecule has 6 nitrogen and oxygen atoms in total. The highest BCUT2D eigenvalue weighted by atomic mass is 16.5. The molecule has 0 atom stereocenters. The van der Waals surface area contributed by atoms with E-state index in [1.807, 2.05) is 37.2 Å². The van der Waals surface area contributed by atoms with Gasteiger partial charge < -0.3 is 15.0 Å². The van der Waals surface area contributed by atoms with Crippen molar-refractivity contribution in [3.63, 3.8) is 0 Å². The van der Waals surface area contributed by atoms with Crippen LogP contribution in [0.1, 0.15) is 16.1 Å². The first-order valence-corrected chi connectivity index (χ1v) is 6.46. The third-order valence-electron chi connectivity index (χ3n) is 2.99. The molecule has 2 rings (SSSR count). The van der Waals surface area contributed by atoms with E-state index in [0.717, 1.165) is 11.4 Å². The Labute approximate surface area is 123 Å². The highest BCUT2D eigenvalue weighted by molar-refractivity contribution is 5.87.